The standard InChI is InChI=1S/C48H34N2OS.Pt/c1-31-25-32(2)47(33(3)26-31)36-27-35(43-23-22-34-13-4-7-18-42(34)50-43)28-39(29-36)51-38-15-12-14-37(30-38)48(46-21-10-11-24-49-46)40-16-5-8-19-44(40)52-45-20-9-6-17-41(45)48;/h4-27,29H,1-3H3;/q-2;+2. The molecule has 9 rings (SSSR count). The maximum atomic E-state index is 6.82. The number of para-hydroxylation sites is 1. The fourth-order valence-electron chi connectivity index (χ4n) is 7.86. The van der Waals surface area contributed by atoms with Crippen molar-refractivity contribution < 1.29 is 25.8 Å². The summed E-state index contributed by atoms with van der Waals surface area (Å²) < 4.78 is 6.82. The van der Waals surface area contributed by atoms with E-state index in [0.717, 1.165) is 39.0 Å². The number of hydrogen-bond acceptors (Lipinski definition) is 4. The summed E-state index contributed by atoms with van der Waals surface area (Å²) in [7, 11) is 0. The van der Waals surface area contributed by atoms with Crippen LogP contribution >= 0.6 is 11.8 Å². The van der Waals surface area contributed by atoms with Crippen LogP contribution in [0.1, 0.15) is 39.1 Å². The molecule has 0 saturated heterocycles. The van der Waals surface area contributed by atoms with Gasteiger partial charge in [-0.15, -0.1) is 29.3 Å². The quantitative estimate of drug-likeness (QED) is 0.156. The van der Waals surface area contributed by atoms with Gasteiger partial charge in [0, 0.05) is 27.5 Å². The van der Waals surface area contributed by atoms with Gasteiger partial charge < -0.3 is 4.74 Å². The van der Waals surface area contributed by atoms with Gasteiger partial charge in [-0.05, 0) is 90.0 Å². The minimum Gasteiger partial charge on any atom is -0.503 e. The van der Waals surface area contributed by atoms with Crippen LogP contribution in [-0.4, -0.2) is 9.97 Å². The zero-order valence-electron chi connectivity index (χ0n) is 29.5. The maximum absolute atomic E-state index is 6.82. The normalized spacial score (nSPS) is 12.7. The molecule has 3 heterocycles. The molecule has 1 aliphatic rings. The Bertz CT molecular complexity index is 2570. The second kappa shape index (κ2) is 14.3. The van der Waals surface area contributed by atoms with Crippen molar-refractivity contribution in [2.24, 2.45) is 0 Å². The SMILES string of the molecule is Cc1cc(C)c(-c2cc(Oc3[c-]c(C4(c5ccccn5)c5ccccc5Sc5ccccc54)ccc3)[c-]c(-c3ccc4ccccc4n3)c2)c(C)c1.[Pt+2]. The summed E-state index contributed by atoms with van der Waals surface area (Å²) in [6, 6.07) is 58.1. The number of aryl methyl sites for hydroxylation is 3. The Kier molecular flexibility index (Phi) is 9.37. The van der Waals surface area contributed by atoms with Crippen LogP contribution in [0.15, 0.2) is 162 Å². The van der Waals surface area contributed by atoms with Crippen LogP contribution in [0.25, 0.3) is 33.3 Å². The van der Waals surface area contributed by atoms with Gasteiger partial charge in [-0.2, -0.15) is 12.1 Å². The largest absolute Gasteiger partial charge is 2.00 e. The number of fused-ring (bicyclic) bond motifs is 3. The summed E-state index contributed by atoms with van der Waals surface area (Å²) >= 11 is 1.80. The van der Waals surface area contributed by atoms with E-state index in [1.165, 1.54) is 43.2 Å². The molecule has 6 aromatic carbocycles. The average molecular weight is 882 g/mol. The fraction of sp³-hybridized carbons (Fsp3) is 0.0833. The van der Waals surface area contributed by atoms with E-state index in [9.17, 15) is 0 Å². The smallest absolute Gasteiger partial charge is 0.503 e. The van der Waals surface area contributed by atoms with Crippen molar-refractivity contribution in [3.05, 3.63) is 203 Å². The summed E-state index contributed by atoms with van der Waals surface area (Å²) in [6.45, 7) is 6.49. The topological polar surface area (TPSA) is 35.0 Å². The predicted octanol–water partition coefficient (Wildman–Crippen LogP) is 12.1. The second-order valence-electron chi connectivity index (χ2n) is 13.4. The summed E-state index contributed by atoms with van der Waals surface area (Å²) in [4.78, 5) is 12.5. The molecule has 1 aliphatic heterocycles. The van der Waals surface area contributed by atoms with E-state index in [0.29, 0.717) is 11.5 Å². The van der Waals surface area contributed by atoms with Crippen molar-refractivity contribution in [2.45, 2.75) is 36.0 Å². The molecule has 0 aliphatic carbocycles. The molecule has 8 aromatic rings. The average Bonchev–Trinajstić information content (AvgIpc) is 3.17. The first-order chi connectivity index (χ1) is 25.5. The van der Waals surface area contributed by atoms with Gasteiger partial charge >= 0.3 is 21.1 Å². The molecule has 0 bridgehead atoms. The Morgan fingerprint density at radius 3 is 2.06 bits per heavy atom. The van der Waals surface area contributed by atoms with E-state index in [-0.39, 0.29) is 21.1 Å². The molecule has 3 nitrogen and oxygen atoms in total. The molecular weight excluding hydrogens is 848 g/mol. The number of nitrogens with zero attached hydrogens (tertiary/aromatic N) is 2. The molecule has 0 fully saturated rings. The van der Waals surface area contributed by atoms with E-state index < -0.39 is 5.41 Å². The molecule has 0 saturated carbocycles. The first-order valence-corrected chi connectivity index (χ1v) is 18.3. The number of ether oxygens (including phenoxy) is 1. The van der Waals surface area contributed by atoms with Crippen molar-refractivity contribution in [3.8, 4) is 33.9 Å². The van der Waals surface area contributed by atoms with Gasteiger partial charge in [-0.1, -0.05) is 120 Å². The van der Waals surface area contributed by atoms with Crippen LogP contribution in [0.5, 0.6) is 11.5 Å². The van der Waals surface area contributed by atoms with Crippen LogP contribution in [0.2, 0.25) is 0 Å². The second-order valence-corrected chi connectivity index (χ2v) is 14.5. The summed E-state index contributed by atoms with van der Waals surface area (Å²) in [6.07, 6.45) is 1.88. The van der Waals surface area contributed by atoms with Gasteiger partial charge in [0.1, 0.15) is 0 Å². The van der Waals surface area contributed by atoms with Gasteiger partial charge in [0.25, 0.3) is 0 Å². The number of aromatic nitrogens is 2. The molecule has 53 heavy (non-hydrogen) atoms. The van der Waals surface area contributed by atoms with Crippen molar-refractivity contribution in [3.63, 3.8) is 0 Å². The molecule has 0 N–H and O–H groups in total. The van der Waals surface area contributed by atoms with E-state index in [1.807, 2.05) is 36.5 Å². The van der Waals surface area contributed by atoms with Crippen molar-refractivity contribution >= 4 is 22.7 Å². The van der Waals surface area contributed by atoms with Crippen molar-refractivity contribution in [1.29, 1.82) is 0 Å². The Morgan fingerprint density at radius 2 is 1.32 bits per heavy atom. The minimum atomic E-state index is -0.707. The number of pyridine rings is 2. The van der Waals surface area contributed by atoms with Gasteiger partial charge in [-0.25, -0.2) is 0 Å². The van der Waals surface area contributed by atoms with Crippen LogP contribution < -0.4 is 4.74 Å². The van der Waals surface area contributed by atoms with Gasteiger partial charge in [0.2, 0.25) is 0 Å². The van der Waals surface area contributed by atoms with Crippen LogP contribution in [0.3, 0.4) is 0 Å². The third-order valence-corrected chi connectivity index (χ3v) is 11.1. The molecule has 258 valence electrons. The summed E-state index contributed by atoms with van der Waals surface area (Å²) in [5, 5.41) is 1.10. The third kappa shape index (κ3) is 6.20. The van der Waals surface area contributed by atoms with Crippen LogP contribution in [0, 0.1) is 32.9 Å². The van der Waals surface area contributed by atoms with Gasteiger partial charge in [0.15, 0.2) is 0 Å². The maximum Gasteiger partial charge on any atom is 2.00 e. The molecule has 0 atom stereocenters. The third-order valence-electron chi connectivity index (χ3n) is 9.93. The molecule has 0 radical (unpaired) electrons. The van der Waals surface area contributed by atoms with E-state index in [2.05, 4.69) is 148 Å². The Labute approximate surface area is 329 Å². The monoisotopic (exact) mass is 881 g/mol. The first-order valence-electron chi connectivity index (χ1n) is 17.5. The number of rotatable bonds is 6. The van der Waals surface area contributed by atoms with E-state index in [1.54, 1.807) is 11.8 Å². The Balaban J connectivity index is 0.00000400. The van der Waals surface area contributed by atoms with Crippen LogP contribution in [-0.2, 0) is 26.5 Å². The first kappa shape index (κ1) is 34.8. The zero-order valence-corrected chi connectivity index (χ0v) is 32.5. The van der Waals surface area contributed by atoms with E-state index in [4.69, 9.17) is 14.7 Å². The van der Waals surface area contributed by atoms with Gasteiger partial charge in [-0.3, -0.25) is 9.97 Å². The minimum absolute atomic E-state index is 0. The zero-order chi connectivity index (χ0) is 35.2. The molecule has 5 heteroatoms. The van der Waals surface area contributed by atoms with E-state index >= 15 is 0 Å². The molecular formula is C48H34N2OPtS. The molecule has 0 unspecified atom stereocenters. The summed E-state index contributed by atoms with van der Waals surface area (Å²) in [5.74, 6) is 1.20. The Hall–Kier alpha value is -5.28. The molecule has 2 aromatic heterocycles. The molecule has 0 spiro atoms. The van der Waals surface area contributed by atoms with Crippen molar-refractivity contribution in [2.75, 3.05) is 0 Å². The Morgan fingerprint density at radius 1 is 0.623 bits per heavy atom. The number of hydrogen-bond donors (Lipinski definition) is 0. The van der Waals surface area contributed by atoms with Crippen molar-refractivity contribution in [1.82, 2.24) is 9.97 Å². The van der Waals surface area contributed by atoms with Gasteiger partial charge in [0.05, 0.1) is 16.6 Å². The summed E-state index contributed by atoms with van der Waals surface area (Å²) in [5.41, 5.74) is 12.1. The van der Waals surface area contributed by atoms with Crippen LogP contribution in [0.4, 0.5) is 0 Å². The predicted molar refractivity (Wildman–Crippen MR) is 211 cm³/mol. The fourth-order valence-corrected chi connectivity index (χ4v) is 9.05. The number of benzene rings is 6. The molecule has 0 amide bonds.